The van der Waals surface area contributed by atoms with E-state index in [9.17, 15) is 18.0 Å². The molecule has 1 aliphatic rings. The zero-order valence-corrected chi connectivity index (χ0v) is 27.9. The van der Waals surface area contributed by atoms with Gasteiger partial charge in [0, 0.05) is 19.0 Å². The molecule has 0 bridgehead atoms. The number of ether oxygens (including phenoxy) is 1. The van der Waals surface area contributed by atoms with Crippen LogP contribution in [0.15, 0.2) is 114 Å². The minimum atomic E-state index is -4.18. The average Bonchev–Trinajstić information content (AvgIpc) is 3.60. The number of aryl methyl sites for hydroxylation is 1. The van der Waals surface area contributed by atoms with Crippen molar-refractivity contribution in [1.29, 1.82) is 0 Å². The van der Waals surface area contributed by atoms with Crippen molar-refractivity contribution in [1.82, 2.24) is 10.2 Å². The standard InChI is InChI=1S/C38H43N3O5S/c1-3-46-34-22-20-33(21-23-34)41(47(44,45)35-24-18-29(2)19-25-35)28-37(42)40(27-31-14-8-5-9-15-31)36(26-30-12-6-4-7-13-30)38(43)39-32-16-10-11-17-32/h4-9,12-15,18-25,32,36H,3,10-11,16-17,26-28H2,1-2H3,(H,39,43)/t36-/m1/s1. The molecular weight excluding hydrogens is 611 g/mol. The lowest BCUT2D eigenvalue weighted by Gasteiger charge is -2.34. The average molecular weight is 654 g/mol. The normalized spacial score (nSPS) is 13.9. The number of hydrogen-bond donors (Lipinski definition) is 1. The van der Waals surface area contributed by atoms with Crippen LogP contribution in [0.2, 0.25) is 0 Å². The van der Waals surface area contributed by atoms with E-state index in [2.05, 4.69) is 5.32 Å². The lowest BCUT2D eigenvalue weighted by atomic mass is 10.0. The Kier molecular flexibility index (Phi) is 11.3. The zero-order valence-electron chi connectivity index (χ0n) is 27.0. The molecule has 0 radical (unpaired) electrons. The Hall–Kier alpha value is -4.63. The summed E-state index contributed by atoms with van der Waals surface area (Å²) >= 11 is 0. The van der Waals surface area contributed by atoms with Gasteiger partial charge in [-0.15, -0.1) is 0 Å². The van der Waals surface area contributed by atoms with Crippen molar-refractivity contribution < 1.29 is 22.7 Å². The zero-order chi connectivity index (χ0) is 33.2. The third-order valence-corrected chi connectivity index (χ3v) is 10.3. The summed E-state index contributed by atoms with van der Waals surface area (Å²) in [5.74, 6) is -0.132. The molecule has 8 nitrogen and oxygen atoms in total. The summed E-state index contributed by atoms with van der Waals surface area (Å²) in [4.78, 5) is 30.3. The number of nitrogens with zero attached hydrogens (tertiary/aromatic N) is 2. The van der Waals surface area contributed by atoms with Gasteiger partial charge in [0.1, 0.15) is 18.3 Å². The Morgan fingerprint density at radius 1 is 0.830 bits per heavy atom. The maximum atomic E-state index is 14.6. The predicted octanol–water partition coefficient (Wildman–Crippen LogP) is 6.29. The van der Waals surface area contributed by atoms with Gasteiger partial charge in [-0.2, -0.15) is 0 Å². The van der Waals surface area contributed by atoms with E-state index >= 15 is 0 Å². The Morgan fingerprint density at radius 2 is 1.43 bits per heavy atom. The van der Waals surface area contributed by atoms with Gasteiger partial charge in [-0.05, 0) is 74.2 Å². The first-order valence-corrected chi connectivity index (χ1v) is 17.7. The minimum absolute atomic E-state index is 0.0525. The van der Waals surface area contributed by atoms with Crippen molar-refractivity contribution in [3.8, 4) is 5.75 Å². The molecule has 4 aromatic rings. The van der Waals surface area contributed by atoms with Crippen LogP contribution >= 0.6 is 0 Å². The fourth-order valence-corrected chi connectivity index (χ4v) is 7.36. The highest BCUT2D eigenvalue weighted by atomic mass is 32.2. The lowest BCUT2D eigenvalue weighted by molar-refractivity contribution is -0.140. The molecule has 0 heterocycles. The molecule has 47 heavy (non-hydrogen) atoms. The predicted molar refractivity (Wildman–Crippen MR) is 185 cm³/mol. The molecule has 5 rings (SSSR count). The van der Waals surface area contributed by atoms with Gasteiger partial charge in [-0.1, -0.05) is 91.2 Å². The maximum absolute atomic E-state index is 14.6. The molecule has 1 saturated carbocycles. The summed E-state index contributed by atoms with van der Waals surface area (Å²) < 4.78 is 35.2. The van der Waals surface area contributed by atoms with Crippen molar-refractivity contribution >= 4 is 27.5 Å². The molecule has 246 valence electrons. The lowest BCUT2D eigenvalue weighted by Crippen LogP contribution is -2.54. The van der Waals surface area contributed by atoms with Gasteiger partial charge in [-0.3, -0.25) is 13.9 Å². The molecule has 2 amide bonds. The van der Waals surface area contributed by atoms with Crippen molar-refractivity contribution in [2.45, 2.75) is 69.5 Å². The molecule has 1 fully saturated rings. The van der Waals surface area contributed by atoms with Gasteiger partial charge in [0.2, 0.25) is 11.8 Å². The first-order valence-electron chi connectivity index (χ1n) is 16.2. The van der Waals surface area contributed by atoms with Crippen molar-refractivity contribution in [2.75, 3.05) is 17.5 Å². The molecule has 1 aliphatic carbocycles. The van der Waals surface area contributed by atoms with E-state index < -0.39 is 28.5 Å². The SMILES string of the molecule is CCOc1ccc(N(CC(=O)N(Cc2ccccc2)[C@H](Cc2ccccc2)C(=O)NC2CCCC2)S(=O)(=O)c2ccc(C)cc2)cc1. The van der Waals surface area contributed by atoms with Crippen LogP contribution in [0.5, 0.6) is 5.75 Å². The first kappa shape index (κ1) is 33.7. The Balaban J connectivity index is 1.55. The molecule has 0 saturated heterocycles. The number of carbonyl (C=O) groups excluding carboxylic acids is 2. The molecule has 0 unspecified atom stereocenters. The van der Waals surface area contributed by atoms with Crippen LogP contribution in [-0.4, -0.2) is 50.4 Å². The van der Waals surface area contributed by atoms with Gasteiger partial charge >= 0.3 is 0 Å². The largest absolute Gasteiger partial charge is 0.494 e. The van der Waals surface area contributed by atoms with Crippen LogP contribution in [0.4, 0.5) is 5.69 Å². The van der Waals surface area contributed by atoms with Crippen molar-refractivity contribution in [3.63, 3.8) is 0 Å². The summed E-state index contributed by atoms with van der Waals surface area (Å²) in [7, 11) is -4.18. The maximum Gasteiger partial charge on any atom is 0.264 e. The van der Waals surface area contributed by atoms with Gasteiger partial charge < -0.3 is 15.0 Å². The molecular formula is C38H43N3O5S. The Bertz CT molecular complexity index is 1710. The number of carbonyl (C=O) groups is 2. The van der Waals surface area contributed by atoms with Gasteiger partial charge in [0.15, 0.2) is 0 Å². The van der Waals surface area contributed by atoms with Crippen molar-refractivity contribution in [2.24, 2.45) is 0 Å². The number of sulfonamides is 1. The topological polar surface area (TPSA) is 96.0 Å². The first-order chi connectivity index (χ1) is 22.7. The van der Waals surface area contributed by atoms with Crippen LogP contribution in [0.3, 0.4) is 0 Å². The Labute approximate surface area is 278 Å². The van der Waals surface area contributed by atoms with E-state index in [1.807, 2.05) is 74.5 Å². The van der Waals surface area contributed by atoms with E-state index in [1.54, 1.807) is 53.4 Å². The van der Waals surface area contributed by atoms with Crippen molar-refractivity contribution in [3.05, 3.63) is 126 Å². The monoisotopic (exact) mass is 653 g/mol. The highest BCUT2D eigenvalue weighted by Gasteiger charge is 2.35. The number of anilines is 1. The van der Waals surface area contributed by atoms with Crippen LogP contribution in [-0.2, 0) is 32.6 Å². The Morgan fingerprint density at radius 3 is 2.02 bits per heavy atom. The molecule has 0 aliphatic heterocycles. The quantitative estimate of drug-likeness (QED) is 0.173. The fourth-order valence-electron chi connectivity index (χ4n) is 5.94. The highest BCUT2D eigenvalue weighted by Crippen LogP contribution is 2.27. The second-order valence-electron chi connectivity index (χ2n) is 12.0. The smallest absolute Gasteiger partial charge is 0.264 e. The number of benzene rings is 4. The molecule has 1 atom stereocenters. The van der Waals surface area contributed by atoms with Crippen LogP contribution in [0, 0.1) is 6.92 Å². The number of nitrogens with one attached hydrogen (secondary N) is 1. The molecule has 0 aromatic heterocycles. The second-order valence-corrected chi connectivity index (χ2v) is 13.8. The summed E-state index contributed by atoms with van der Waals surface area (Å²) in [5.41, 5.74) is 2.97. The van der Waals surface area contributed by atoms with E-state index in [0.717, 1.165) is 46.7 Å². The molecule has 4 aromatic carbocycles. The summed E-state index contributed by atoms with van der Waals surface area (Å²) in [6.07, 6.45) is 4.18. The second kappa shape index (κ2) is 15.8. The van der Waals surface area contributed by atoms with Crippen LogP contribution < -0.4 is 14.4 Å². The van der Waals surface area contributed by atoms with Crippen LogP contribution in [0.25, 0.3) is 0 Å². The summed E-state index contributed by atoms with van der Waals surface area (Å²) in [6, 6.07) is 31.5. The number of hydrogen-bond acceptors (Lipinski definition) is 5. The third kappa shape index (κ3) is 8.80. The summed E-state index contributed by atoms with van der Waals surface area (Å²) in [5, 5.41) is 3.21. The third-order valence-electron chi connectivity index (χ3n) is 8.49. The van der Waals surface area contributed by atoms with Gasteiger partial charge in [0.05, 0.1) is 17.2 Å². The van der Waals surface area contributed by atoms with E-state index in [1.165, 1.54) is 0 Å². The van der Waals surface area contributed by atoms with E-state index in [0.29, 0.717) is 18.0 Å². The number of amides is 2. The summed E-state index contributed by atoms with van der Waals surface area (Å²) in [6.45, 7) is 3.85. The molecule has 0 spiro atoms. The van der Waals surface area contributed by atoms with Gasteiger partial charge in [-0.25, -0.2) is 8.42 Å². The molecule has 9 heteroatoms. The fraction of sp³-hybridized carbons (Fsp3) is 0.316. The number of rotatable bonds is 14. The highest BCUT2D eigenvalue weighted by molar-refractivity contribution is 7.92. The van der Waals surface area contributed by atoms with E-state index in [-0.39, 0.29) is 29.8 Å². The van der Waals surface area contributed by atoms with Crippen LogP contribution in [0.1, 0.15) is 49.3 Å². The molecule has 1 N–H and O–H groups in total. The minimum Gasteiger partial charge on any atom is -0.494 e. The van der Waals surface area contributed by atoms with Gasteiger partial charge in [0.25, 0.3) is 10.0 Å². The van der Waals surface area contributed by atoms with E-state index in [4.69, 9.17) is 4.74 Å².